The molecule has 0 saturated heterocycles. The van der Waals surface area contributed by atoms with Crippen LogP contribution in [0, 0.1) is 0 Å². The molecule has 1 aliphatic rings. The highest BCUT2D eigenvalue weighted by Crippen LogP contribution is 2.27. The Balaban J connectivity index is 1.61. The van der Waals surface area contributed by atoms with Gasteiger partial charge in [-0.1, -0.05) is 31.2 Å². The van der Waals surface area contributed by atoms with Crippen LogP contribution in [0.3, 0.4) is 0 Å². The number of H-pyrrole nitrogens is 1. The molecule has 130 valence electrons. The number of hydrogen-bond donors (Lipinski definition) is 1. The van der Waals surface area contributed by atoms with E-state index in [0.717, 1.165) is 12.0 Å². The molecule has 0 amide bonds. The minimum atomic E-state index is -3.58. The maximum atomic E-state index is 12.9. The van der Waals surface area contributed by atoms with Crippen molar-refractivity contribution in [3.8, 4) is 11.6 Å². The van der Waals surface area contributed by atoms with Crippen LogP contribution >= 0.6 is 0 Å². The van der Waals surface area contributed by atoms with Crippen LogP contribution in [0.25, 0.3) is 11.6 Å². The molecule has 1 aromatic carbocycles. The number of aromatic amines is 1. The Bertz CT molecular complexity index is 1010. The molecular weight excluding hydrogens is 340 g/mol. The number of aryl methyl sites for hydroxylation is 1. The van der Waals surface area contributed by atoms with Crippen LogP contribution in [0.2, 0.25) is 0 Å². The molecule has 0 aliphatic carbocycles. The van der Waals surface area contributed by atoms with Crippen LogP contribution in [-0.4, -0.2) is 34.4 Å². The van der Waals surface area contributed by atoms with E-state index in [-0.39, 0.29) is 4.90 Å². The van der Waals surface area contributed by atoms with Crippen LogP contribution in [0.15, 0.2) is 45.8 Å². The zero-order valence-corrected chi connectivity index (χ0v) is 14.6. The van der Waals surface area contributed by atoms with E-state index in [1.807, 2.05) is 25.1 Å². The summed E-state index contributed by atoms with van der Waals surface area (Å²) in [7, 11) is -3.58. The lowest BCUT2D eigenvalue weighted by molar-refractivity contribution is 0.391. The minimum Gasteiger partial charge on any atom is -0.419 e. The van der Waals surface area contributed by atoms with Crippen LogP contribution in [0.5, 0.6) is 0 Å². The first-order valence-corrected chi connectivity index (χ1v) is 9.60. The molecule has 2 aromatic heterocycles. The van der Waals surface area contributed by atoms with Gasteiger partial charge in [0.25, 0.3) is 5.89 Å². The van der Waals surface area contributed by atoms with Gasteiger partial charge in [-0.3, -0.25) is 0 Å². The first-order chi connectivity index (χ1) is 12.1. The Hall–Kier alpha value is -2.45. The normalized spacial score (nSPS) is 15.2. The predicted molar refractivity (Wildman–Crippen MR) is 91.2 cm³/mol. The van der Waals surface area contributed by atoms with E-state index in [2.05, 4.69) is 21.2 Å². The van der Waals surface area contributed by atoms with Crippen LogP contribution in [0.4, 0.5) is 0 Å². The molecule has 0 bridgehead atoms. The van der Waals surface area contributed by atoms with Crippen LogP contribution < -0.4 is 0 Å². The summed E-state index contributed by atoms with van der Waals surface area (Å²) >= 11 is 0. The molecule has 0 spiro atoms. The first-order valence-electron chi connectivity index (χ1n) is 8.16. The van der Waals surface area contributed by atoms with Gasteiger partial charge in [0.2, 0.25) is 15.9 Å². The van der Waals surface area contributed by atoms with Crippen LogP contribution in [-0.2, 0) is 29.4 Å². The Morgan fingerprint density at radius 3 is 2.80 bits per heavy atom. The van der Waals surface area contributed by atoms with Gasteiger partial charge < -0.3 is 9.40 Å². The molecule has 0 radical (unpaired) electrons. The van der Waals surface area contributed by atoms with E-state index in [0.29, 0.717) is 37.0 Å². The second-order valence-corrected chi connectivity index (χ2v) is 7.90. The van der Waals surface area contributed by atoms with E-state index in [4.69, 9.17) is 4.42 Å². The van der Waals surface area contributed by atoms with Crippen molar-refractivity contribution in [3.63, 3.8) is 0 Å². The van der Waals surface area contributed by atoms with Gasteiger partial charge in [-0.25, -0.2) is 8.42 Å². The highest BCUT2D eigenvalue weighted by atomic mass is 32.2. The third-order valence-electron chi connectivity index (χ3n) is 4.39. The highest BCUT2D eigenvalue weighted by Gasteiger charge is 2.29. The summed E-state index contributed by atoms with van der Waals surface area (Å²) in [6.07, 6.45) is 2.82. The van der Waals surface area contributed by atoms with Crippen molar-refractivity contribution in [2.45, 2.75) is 31.2 Å². The molecule has 7 nitrogen and oxygen atoms in total. The molecule has 4 rings (SSSR count). The smallest absolute Gasteiger partial charge is 0.264 e. The zero-order chi connectivity index (χ0) is 17.4. The predicted octanol–water partition coefficient (Wildman–Crippen LogP) is 2.37. The maximum absolute atomic E-state index is 12.9. The number of hydrogen-bond acceptors (Lipinski definition) is 5. The Morgan fingerprint density at radius 1 is 1.24 bits per heavy atom. The Morgan fingerprint density at radius 2 is 2.04 bits per heavy atom. The van der Waals surface area contributed by atoms with Gasteiger partial charge in [0.1, 0.15) is 10.6 Å². The number of fused-ring (bicyclic) bond motifs is 1. The lowest BCUT2D eigenvalue weighted by atomic mass is 10.0. The van der Waals surface area contributed by atoms with Gasteiger partial charge in [0.05, 0.1) is 0 Å². The Labute approximate surface area is 145 Å². The molecule has 1 aliphatic heterocycles. The molecule has 1 N–H and O–H groups in total. The van der Waals surface area contributed by atoms with Crippen molar-refractivity contribution < 1.29 is 12.8 Å². The summed E-state index contributed by atoms with van der Waals surface area (Å²) in [6.45, 7) is 2.77. The van der Waals surface area contributed by atoms with E-state index in [9.17, 15) is 8.42 Å². The van der Waals surface area contributed by atoms with Crippen molar-refractivity contribution in [1.82, 2.24) is 19.5 Å². The zero-order valence-electron chi connectivity index (χ0n) is 13.8. The second-order valence-electron chi connectivity index (χ2n) is 5.96. The summed E-state index contributed by atoms with van der Waals surface area (Å²) in [6, 6.07) is 9.49. The summed E-state index contributed by atoms with van der Waals surface area (Å²) in [5, 5.41) is 7.84. The van der Waals surface area contributed by atoms with Gasteiger partial charge >= 0.3 is 0 Å². The Kier molecular flexibility index (Phi) is 3.93. The molecule has 0 unspecified atom stereocenters. The quantitative estimate of drug-likeness (QED) is 0.773. The average Bonchev–Trinajstić information content (AvgIpc) is 3.30. The van der Waals surface area contributed by atoms with Crippen molar-refractivity contribution >= 4 is 10.0 Å². The van der Waals surface area contributed by atoms with Crippen molar-refractivity contribution in [2.24, 2.45) is 0 Å². The molecule has 3 aromatic rings. The number of sulfonamides is 1. The lowest BCUT2D eigenvalue weighted by Gasteiger charge is -2.27. The number of rotatable bonds is 4. The summed E-state index contributed by atoms with van der Waals surface area (Å²) in [5.74, 6) is 0.809. The van der Waals surface area contributed by atoms with E-state index >= 15 is 0 Å². The fraction of sp³-hybridized carbons (Fsp3) is 0.294. The third-order valence-corrected chi connectivity index (χ3v) is 6.21. The number of nitrogens with zero attached hydrogens (tertiary/aromatic N) is 3. The van der Waals surface area contributed by atoms with E-state index in [1.165, 1.54) is 16.1 Å². The summed E-state index contributed by atoms with van der Waals surface area (Å²) in [5.41, 5.74) is 2.77. The molecule has 8 heteroatoms. The molecule has 0 saturated carbocycles. The molecule has 3 heterocycles. The van der Waals surface area contributed by atoms with E-state index < -0.39 is 10.0 Å². The number of aromatic nitrogens is 3. The summed E-state index contributed by atoms with van der Waals surface area (Å²) < 4.78 is 32.9. The van der Waals surface area contributed by atoms with Crippen molar-refractivity contribution in [3.05, 3.63) is 53.5 Å². The van der Waals surface area contributed by atoms with Gasteiger partial charge in [0.15, 0.2) is 0 Å². The van der Waals surface area contributed by atoms with Gasteiger partial charge in [-0.15, -0.1) is 10.2 Å². The van der Waals surface area contributed by atoms with E-state index in [1.54, 1.807) is 6.07 Å². The van der Waals surface area contributed by atoms with Gasteiger partial charge in [-0.05, 0) is 23.6 Å². The first kappa shape index (κ1) is 16.0. The molecule has 25 heavy (non-hydrogen) atoms. The third kappa shape index (κ3) is 2.87. The topological polar surface area (TPSA) is 92.1 Å². The minimum absolute atomic E-state index is 0.207. The SMILES string of the molecule is CCc1nnc(-c2cc(S(=O)(=O)N3CCc4ccccc4C3)c[nH]2)o1. The van der Waals surface area contributed by atoms with Gasteiger partial charge in [0, 0.05) is 25.7 Å². The van der Waals surface area contributed by atoms with Crippen LogP contribution in [0.1, 0.15) is 23.9 Å². The highest BCUT2D eigenvalue weighted by molar-refractivity contribution is 7.89. The number of benzene rings is 1. The number of nitrogens with one attached hydrogen (secondary N) is 1. The lowest BCUT2D eigenvalue weighted by Crippen LogP contribution is -2.35. The van der Waals surface area contributed by atoms with Gasteiger partial charge in [-0.2, -0.15) is 4.31 Å². The van der Waals surface area contributed by atoms with Crippen molar-refractivity contribution in [2.75, 3.05) is 6.54 Å². The molecular formula is C17H18N4O3S. The molecule has 0 fully saturated rings. The fourth-order valence-corrected chi connectivity index (χ4v) is 4.39. The maximum Gasteiger partial charge on any atom is 0.264 e. The fourth-order valence-electron chi connectivity index (χ4n) is 2.98. The largest absolute Gasteiger partial charge is 0.419 e. The second kappa shape index (κ2) is 6.12. The standard InChI is InChI=1S/C17H18N4O3S/c1-2-16-19-20-17(24-16)15-9-14(10-18-15)25(22,23)21-8-7-12-5-3-4-6-13(12)11-21/h3-6,9-10,18H,2,7-8,11H2,1H3. The average molecular weight is 358 g/mol. The molecule has 0 atom stereocenters. The summed E-state index contributed by atoms with van der Waals surface area (Å²) in [4.78, 5) is 3.13. The monoisotopic (exact) mass is 358 g/mol. The van der Waals surface area contributed by atoms with Crippen molar-refractivity contribution in [1.29, 1.82) is 0 Å².